The van der Waals surface area contributed by atoms with E-state index in [4.69, 9.17) is 4.42 Å². The highest BCUT2D eigenvalue weighted by Gasteiger charge is 2.01. The molecule has 2 nitrogen and oxygen atoms in total. The van der Waals surface area contributed by atoms with Gasteiger partial charge in [0.05, 0.1) is 12.9 Å². The fraction of sp³-hybridized carbons (Fsp3) is 0.273. The first kappa shape index (κ1) is 8.32. The average molecular weight is 175 g/mol. The standard InChI is InChI=1S/C11H11O2/c12-7-2-4-9-3-1-5-11-10(9)6-8-13-11/h1,3,5-6,8H,2,4,7H2. The summed E-state index contributed by atoms with van der Waals surface area (Å²) in [5.41, 5.74) is 2.12. The van der Waals surface area contributed by atoms with Crippen LogP contribution in [-0.2, 0) is 11.5 Å². The molecule has 0 saturated carbocycles. The van der Waals surface area contributed by atoms with Crippen molar-refractivity contribution in [3.05, 3.63) is 36.1 Å². The molecule has 0 saturated heterocycles. The van der Waals surface area contributed by atoms with Gasteiger partial charge in [0.15, 0.2) is 0 Å². The summed E-state index contributed by atoms with van der Waals surface area (Å²) in [5, 5.41) is 11.5. The fourth-order valence-corrected chi connectivity index (χ4v) is 1.54. The predicted octanol–water partition coefficient (Wildman–Crippen LogP) is 2.80. The van der Waals surface area contributed by atoms with E-state index in [2.05, 4.69) is 0 Å². The van der Waals surface area contributed by atoms with Crippen LogP contribution in [0.3, 0.4) is 0 Å². The van der Waals surface area contributed by atoms with Gasteiger partial charge in [-0.25, -0.2) is 5.11 Å². The van der Waals surface area contributed by atoms with Crippen molar-refractivity contribution < 1.29 is 9.52 Å². The Labute approximate surface area is 76.8 Å². The molecule has 2 aromatic rings. The van der Waals surface area contributed by atoms with Crippen LogP contribution in [0.1, 0.15) is 12.0 Å². The normalized spacial score (nSPS) is 10.8. The zero-order valence-electron chi connectivity index (χ0n) is 7.32. The third-order valence-electron chi connectivity index (χ3n) is 2.18. The minimum absolute atomic E-state index is 0.00572. The van der Waals surface area contributed by atoms with Gasteiger partial charge in [-0.1, -0.05) is 12.1 Å². The smallest absolute Gasteiger partial charge is 0.134 e. The topological polar surface area (TPSA) is 33.0 Å². The number of aryl methyl sites for hydroxylation is 1. The lowest BCUT2D eigenvalue weighted by molar-refractivity contribution is 0.189. The monoisotopic (exact) mass is 175 g/mol. The molecule has 0 N–H and O–H groups in total. The molecule has 1 aromatic carbocycles. The Hall–Kier alpha value is -1.28. The SMILES string of the molecule is [O]CCCc1cccc2occc12. The fourth-order valence-electron chi connectivity index (χ4n) is 1.54. The molecule has 0 bridgehead atoms. The van der Waals surface area contributed by atoms with Crippen LogP contribution in [-0.4, -0.2) is 6.61 Å². The lowest BCUT2D eigenvalue weighted by atomic mass is 10.1. The molecule has 0 aliphatic carbocycles. The molecular weight excluding hydrogens is 164 g/mol. The van der Waals surface area contributed by atoms with Gasteiger partial charge in [0.2, 0.25) is 0 Å². The van der Waals surface area contributed by atoms with Gasteiger partial charge < -0.3 is 4.42 Å². The van der Waals surface area contributed by atoms with Crippen molar-refractivity contribution in [3.63, 3.8) is 0 Å². The third kappa shape index (κ3) is 1.58. The molecule has 0 unspecified atom stereocenters. The summed E-state index contributed by atoms with van der Waals surface area (Å²) in [6.45, 7) is -0.00572. The van der Waals surface area contributed by atoms with Crippen LogP contribution in [0, 0.1) is 0 Å². The first-order chi connectivity index (χ1) is 6.42. The lowest BCUT2D eigenvalue weighted by Crippen LogP contribution is -1.88. The third-order valence-corrected chi connectivity index (χ3v) is 2.18. The van der Waals surface area contributed by atoms with Crippen LogP contribution in [0.5, 0.6) is 0 Å². The second-order valence-corrected chi connectivity index (χ2v) is 3.06. The Morgan fingerprint density at radius 1 is 1.23 bits per heavy atom. The van der Waals surface area contributed by atoms with Crippen LogP contribution < -0.4 is 0 Å². The van der Waals surface area contributed by atoms with Gasteiger partial charge >= 0.3 is 0 Å². The number of fused-ring (bicyclic) bond motifs is 1. The zero-order chi connectivity index (χ0) is 9.10. The predicted molar refractivity (Wildman–Crippen MR) is 50.1 cm³/mol. The van der Waals surface area contributed by atoms with E-state index in [-0.39, 0.29) is 6.61 Å². The Kier molecular flexibility index (Phi) is 2.32. The maximum absolute atomic E-state index is 10.4. The molecule has 67 valence electrons. The first-order valence-electron chi connectivity index (χ1n) is 4.45. The Bertz CT molecular complexity index is 390. The minimum atomic E-state index is -0.00572. The molecule has 1 heterocycles. The zero-order valence-corrected chi connectivity index (χ0v) is 7.32. The van der Waals surface area contributed by atoms with E-state index in [0.29, 0.717) is 6.42 Å². The van der Waals surface area contributed by atoms with Gasteiger partial charge in [-0.05, 0) is 30.5 Å². The van der Waals surface area contributed by atoms with E-state index < -0.39 is 0 Å². The molecule has 0 spiro atoms. The van der Waals surface area contributed by atoms with Crippen LogP contribution in [0.2, 0.25) is 0 Å². The average Bonchev–Trinajstić information content (AvgIpc) is 2.62. The summed E-state index contributed by atoms with van der Waals surface area (Å²) >= 11 is 0. The van der Waals surface area contributed by atoms with Crippen molar-refractivity contribution in [1.82, 2.24) is 0 Å². The Morgan fingerprint density at radius 3 is 3.00 bits per heavy atom. The summed E-state index contributed by atoms with van der Waals surface area (Å²) in [4.78, 5) is 0. The Morgan fingerprint density at radius 2 is 2.15 bits per heavy atom. The number of hydrogen-bond acceptors (Lipinski definition) is 1. The van der Waals surface area contributed by atoms with Crippen molar-refractivity contribution in [2.45, 2.75) is 12.8 Å². The van der Waals surface area contributed by atoms with Crippen molar-refractivity contribution in [2.24, 2.45) is 0 Å². The quantitative estimate of drug-likeness (QED) is 0.706. The van der Waals surface area contributed by atoms with Gasteiger partial charge in [-0.3, -0.25) is 0 Å². The van der Waals surface area contributed by atoms with E-state index in [0.717, 1.165) is 17.4 Å². The van der Waals surface area contributed by atoms with E-state index in [1.54, 1.807) is 6.26 Å². The molecule has 0 fully saturated rings. The summed E-state index contributed by atoms with van der Waals surface area (Å²) < 4.78 is 5.26. The molecule has 0 amide bonds. The molecule has 2 heteroatoms. The Balaban J connectivity index is 2.37. The second kappa shape index (κ2) is 3.62. The van der Waals surface area contributed by atoms with Gasteiger partial charge in [0.1, 0.15) is 5.58 Å². The molecule has 13 heavy (non-hydrogen) atoms. The molecular formula is C11H11O2. The van der Waals surface area contributed by atoms with Crippen LogP contribution in [0.15, 0.2) is 34.9 Å². The highest BCUT2D eigenvalue weighted by molar-refractivity contribution is 5.80. The first-order valence-corrected chi connectivity index (χ1v) is 4.45. The second-order valence-electron chi connectivity index (χ2n) is 3.06. The molecule has 0 aliphatic heterocycles. The van der Waals surface area contributed by atoms with E-state index in [9.17, 15) is 5.11 Å². The number of hydrogen-bond donors (Lipinski definition) is 0. The van der Waals surface area contributed by atoms with Crippen molar-refractivity contribution in [1.29, 1.82) is 0 Å². The van der Waals surface area contributed by atoms with E-state index in [1.807, 2.05) is 24.3 Å². The van der Waals surface area contributed by atoms with Gasteiger partial charge in [-0.2, -0.15) is 0 Å². The molecule has 0 aliphatic rings. The largest absolute Gasteiger partial charge is 0.464 e. The summed E-state index contributed by atoms with van der Waals surface area (Å²) in [5.74, 6) is 0. The van der Waals surface area contributed by atoms with Crippen LogP contribution in [0.25, 0.3) is 11.0 Å². The van der Waals surface area contributed by atoms with Crippen molar-refractivity contribution in [2.75, 3.05) is 6.61 Å². The van der Waals surface area contributed by atoms with Gasteiger partial charge in [0, 0.05) is 5.39 Å². The number of furan rings is 1. The molecule has 1 radical (unpaired) electrons. The summed E-state index contributed by atoms with van der Waals surface area (Å²) in [6, 6.07) is 7.91. The summed E-state index contributed by atoms with van der Waals surface area (Å²) in [6.07, 6.45) is 3.23. The van der Waals surface area contributed by atoms with Gasteiger partial charge in [0.25, 0.3) is 0 Å². The van der Waals surface area contributed by atoms with Crippen LogP contribution >= 0.6 is 0 Å². The number of benzene rings is 1. The minimum Gasteiger partial charge on any atom is -0.464 e. The highest BCUT2D eigenvalue weighted by atomic mass is 16.3. The summed E-state index contributed by atoms with van der Waals surface area (Å²) in [7, 11) is 0. The van der Waals surface area contributed by atoms with Gasteiger partial charge in [-0.15, -0.1) is 0 Å². The van der Waals surface area contributed by atoms with Crippen LogP contribution in [0.4, 0.5) is 0 Å². The van der Waals surface area contributed by atoms with Crippen molar-refractivity contribution in [3.8, 4) is 0 Å². The molecule has 2 rings (SSSR count). The van der Waals surface area contributed by atoms with E-state index in [1.165, 1.54) is 5.56 Å². The maximum atomic E-state index is 10.4. The maximum Gasteiger partial charge on any atom is 0.134 e. The number of rotatable bonds is 3. The van der Waals surface area contributed by atoms with Crippen molar-refractivity contribution >= 4 is 11.0 Å². The lowest BCUT2D eigenvalue weighted by Gasteiger charge is -1.99. The highest BCUT2D eigenvalue weighted by Crippen LogP contribution is 2.20. The molecule has 1 aromatic heterocycles. The molecule has 0 atom stereocenters. The van der Waals surface area contributed by atoms with E-state index >= 15 is 0 Å².